The summed E-state index contributed by atoms with van der Waals surface area (Å²) in [6.07, 6.45) is 2.73. The average molecular weight is 291 g/mol. The lowest BCUT2D eigenvalue weighted by atomic mass is 10.1. The molecule has 0 radical (unpaired) electrons. The molecule has 0 aliphatic rings. The van der Waals surface area contributed by atoms with E-state index in [-0.39, 0.29) is 4.90 Å². The molecule has 3 N–H and O–H groups in total. The number of nitrogens with zero attached hydrogens (tertiary/aromatic N) is 1. The Balaban J connectivity index is 2.19. The monoisotopic (exact) mass is 291 g/mol. The summed E-state index contributed by atoms with van der Waals surface area (Å²) in [6.45, 7) is 0.972. The van der Waals surface area contributed by atoms with Crippen molar-refractivity contribution in [3.63, 3.8) is 0 Å². The van der Waals surface area contributed by atoms with Crippen molar-refractivity contribution < 1.29 is 8.42 Å². The molecule has 20 heavy (non-hydrogen) atoms. The van der Waals surface area contributed by atoms with Crippen molar-refractivity contribution in [3.05, 3.63) is 53.7 Å². The molecule has 1 aromatic heterocycles. The molecule has 2 aromatic rings. The van der Waals surface area contributed by atoms with Crippen LogP contribution in [0.1, 0.15) is 11.1 Å². The second kappa shape index (κ2) is 6.02. The van der Waals surface area contributed by atoms with Crippen molar-refractivity contribution in [1.82, 2.24) is 4.98 Å². The van der Waals surface area contributed by atoms with E-state index in [9.17, 15) is 8.42 Å². The quantitative estimate of drug-likeness (QED) is 0.873. The van der Waals surface area contributed by atoms with Gasteiger partial charge in [0.05, 0.1) is 0 Å². The summed E-state index contributed by atoms with van der Waals surface area (Å²) in [7, 11) is -3.30. The molecule has 1 aromatic carbocycles. The lowest BCUT2D eigenvalue weighted by molar-refractivity contribution is 0.601. The van der Waals surface area contributed by atoms with Gasteiger partial charge >= 0.3 is 0 Å². The van der Waals surface area contributed by atoms with Crippen LogP contribution in [-0.4, -0.2) is 19.7 Å². The van der Waals surface area contributed by atoms with Crippen molar-refractivity contribution in [2.24, 2.45) is 5.73 Å². The molecule has 0 bridgehead atoms. The van der Waals surface area contributed by atoms with E-state index in [0.717, 1.165) is 11.1 Å². The van der Waals surface area contributed by atoms with Crippen LogP contribution in [0.25, 0.3) is 0 Å². The third kappa shape index (κ3) is 3.55. The normalized spacial score (nSPS) is 11.3. The van der Waals surface area contributed by atoms with Gasteiger partial charge in [0.2, 0.25) is 0 Å². The highest BCUT2D eigenvalue weighted by molar-refractivity contribution is 7.90. The van der Waals surface area contributed by atoms with E-state index in [1.54, 1.807) is 18.3 Å². The first-order valence-electron chi connectivity index (χ1n) is 6.17. The smallest absolute Gasteiger partial charge is 0.179 e. The highest BCUT2D eigenvalue weighted by atomic mass is 32.2. The Morgan fingerprint density at radius 3 is 2.65 bits per heavy atom. The molecule has 0 aliphatic heterocycles. The molecule has 0 fully saturated rings. The average Bonchev–Trinajstić information content (AvgIpc) is 2.44. The zero-order chi connectivity index (χ0) is 14.6. The van der Waals surface area contributed by atoms with Crippen molar-refractivity contribution in [1.29, 1.82) is 0 Å². The molecule has 2 rings (SSSR count). The van der Waals surface area contributed by atoms with Crippen LogP contribution in [0.15, 0.2) is 47.5 Å². The zero-order valence-corrected chi connectivity index (χ0v) is 12.0. The second-order valence-electron chi connectivity index (χ2n) is 4.50. The number of aromatic nitrogens is 1. The van der Waals surface area contributed by atoms with E-state index in [1.165, 1.54) is 6.26 Å². The number of sulfone groups is 1. The van der Waals surface area contributed by atoms with Crippen LogP contribution in [0, 0.1) is 0 Å². The van der Waals surface area contributed by atoms with Gasteiger partial charge in [0.25, 0.3) is 0 Å². The van der Waals surface area contributed by atoms with E-state index >= 15 is 0 Å². The topological polar surface area (TPSA) is 85.1 Å². The Labute approximate surface area is 118 Å². The third-order valence-electron chi connectivity index (χ3n) is 2.86. The Hall–Kier alpha value is -1.92. The molecule has 0 saturated carbocycles. The molecule has 0 aliphatic carbocycles. The standard InChI is InChI=1S/C14H17N3O2S/c1-20(18,19)13-6-3-7-16-14(13)17-10-12-5-2-4-11(8-12)9-15/h2-8H,9-10,15H2,1H3,(H,16,17). The van der Waals surface area contributed by atoms with Gasteiger partial charge in [-0.05, 0) is 23.3 Å². The van der Waals surface area contributed by atoms with Gasteiger partial charge in [-0.3, -0.25) is 0 Å². The number of nitrogens with one attached hydrogen (secondary N) is 1. The number of rotatable bonds is 5. The molecular formula is C14H17N3O2S. The molecule has 5 nitrogen and oxygen atoms in total. The van der Waals surface area contributed by atoms with Crippen LogP contribution < -0.4 is 11.1 Å². The van der Waals surface area contributed by atoms with E-state index in [4.69, 9.17) is 5.73 Å². The lowest BCUT2D eigenvalue weighted by Gasteiger charge is -2.10. The van der Waals surface area contributed by atoms with Crippen molar-refractivity contribution >= 4 is 15.7 Å². The van der Waals surface area contributed by atoms with Gasteiger partial charge in [0.1, 0.15) is 10.7 Å². The van der Waals surface area contributed by atoms with Gasteiger partial charge in [0.15, 0.2) is 9.84 Å². The second-order valence-corrected chi connectivity index (χ2v) is 6.48. The Morgan fingerprint density at radius 2 is 1.95 bits per heavy atom. The van der Waals surface area contributed by atoms with Gasteiger partial charge in [-0.1, -0.05) is 24.3 Å². The molecular weight excluding hydrogens is 274 g/mol. The molecule has 0 saturated heterocycles. The van der Waals surface area contributed by atoms with Gasteiger partial charge < -0.3 is 11.1 Å². The minimum absolute atomic E-state index is 0.204. The van der Waals surface area contributed by atoms with Gasteiger partial charge in [-0.2, -0.15) is 0 Å². The fourth-order valence-electron chi connectivity index (χ4n) is 1.87. The van der Waals surface area contributed by atoms with Gasteiger partial charge in [-0.25, -0.2) is 13.4 Å². The highest BCUT2D eigenvalue weighted by Crippen LogP contribution is 2.18. The maximum Gasteiger partial charge on any atom is 0.179 e. The third-order valence-corrected chi connectivity index (χ3v) is 3.99. The van der Waals surface area contributed by atoms with Crippen LogP contribution in [0.3, 0.4) is 0 Å². The number of anilines is 1. The van der Waals surface area contributed by atoms with Crippen molar-refractivity contribution in [2.45, 2.75) is 18.0 Å². The molecule has 0 atom stereocenters. The molecule has 6 heteroatoms. The van der Waals surface area contributed by atoms with Gasteiger partial charge in [0, 0.05) is 25.5 Å². The van der Waals surface area contributed by atoms with Crippen LogP contribution in [0.4, 0.5) is 5.82 Å². The fourth-order valence-corrected chi connectivity index (χ4v) is 2.68. The van der Waals surface area contributed by atoms with E-state index in [2.05, 4.69) is 10.3 Å². The molecule has 0 unspecified atom stereocenters. The number of benzene rings is 1. The Kier molecular flexibility index (Phi) is 4.36. The first-order chi connectivity index (χ1) is 9.50. The van der Waals surface area contributed by atoms with E-state index in [0.29, 0.717) is 18.9 Å². The van der Waals surface area contributed by atoms with Crippen molar-refractivity contribution in [3.8, 4) is 0 Å². The summed E-state index contributed by atoms with van der Waals surface area (Å²) in [5.74, 6) is 0.369. The zero-order valence-electron chi connectivity index (χ0n) is 11.2. The van der Waals surface area contributed by atoms with Crippen LogP contribution in [0.2, 0.25) is 0 Å². The van der Waals surface area contributed by atoms with E-state index in [1.807, 2.05) is 24.3 Å². The van der Waals surface area contributed by atoms with Crippen LogP contribution in [0.5, 0.6) is 0 Å². The summed E-state index contributed by atoms with van der Waals surface area (Å²) in [6, 6.07) is 11.0. The molecule has 0 amide bonds. The fraction of sp³-hybridized carbons (Fsp3) is 0.214. The first-order valence-corrected chi connectivity index (χ1v) is 8.06. The summed E-state index contributed by atoms with van der Waals surface area (Å²) >= 11 is 0. The summed E-state index contributed by atoms with van der Waals surface area (Å²) in [4.78, 5) is 4.29. The Morgan fingerprint density at radius 1 is 1.20 bits per heavy atom. The number of pyridine rings is 1. The largest absolute Gasteiger partial charge is 0.365 e. The Bertz CT molecular complexity index is 699. The van der Waals surface area contributed by atoms with E-state index < -0.39 is 9.84 Å². The number of nitrogens with two attached hydrogens (primary N) is 1. The number of hydrogen-bond acceptors (Lipinski definition) is 5. The predicted molar refractivity (Wildman–Crippen MR) is 79.0 cm³/mol. The first kappa shape index (κ1) is 14.5. The van der Waals surface area contributed by atoms with Crippen molar-refractivity contribution in [2.75, 3.05) is 11.6 Å². The summed E-state index contributed by atoms with van der Waals surface area (Å²) in [5.41, 5.74) is 7.66. The van der Waals surface area contributed by atoms with Crippen LogP contribution in [-0.2, 0) is 22.9 Å². The minimum Gasteiger partial charge on any atom is -0.365 e. The molecule has 0 spiro atoms. The minimum atomic E-state index is -3.30. The number of hydrogen-bond donors (Lipinski definition) is 2. The van der Waals surface area contributed by atoms with Gasteiger partial charge in [-0.15, -0.1) is 0 Å². The summed E-state index contributed by atoms with van der Waals surface area (Å²) in [5, 5.41) is 3.06. The maximum absolute atomic E-state index is 11.7. The highest BCUT2D eigenvalue weighted by Gasteiger charge is 2.13. The maximum atomic E-state index is 11.7. The molecule has 1 heterocycles. The molecule has 106 valence electrons. The summed E-state index contributed by atoms with van der Waals surface area (Å²) < 4.78 is 23.3. The SMILES string of the molecule is CS(=O)(=O)c1cccnc1NCc1cccc(CN)c1. The predicted octanol–water partition coefficient (Wildman–Crippen LogP) is 1.56. The van der Waals surface area contributed by atoms with Crippen LogP contribution >= 0.6 is 0 Å². The lowest BCUT2D eigenvalue weighted by Crippen LogP contribution is -2.08.